The van der Waals surface area contributed by atoms with E-state index in [0.29, 0.717) is 22.0 Å². The Morgan fingerprint density at radius 2 is 1.69 bits per heavy atom. The summed E-state index contributed by atoms with van der Waals surface area (Å²) >= 11 is 7.88. The highest BCUT2D eigenvalue weighted by Gasteiger charge is 2.29. The van der Waals surface area contributed by atoms with Crippen LogP contribution in [-0.2, 0) is 14.8 Å². The number of thioether (sulfide) groups is 1. The van der Waals surface area contributed by atoms with Crippen LogP contribution in [0.3, 0.4) is 0 Å². The largest absolute Gasteiger partial charge is 0.323 e. The molecule has 168 valence electrons. The molecule has 0 saturated carbocycles. The number of anilines is 2. The van der Waals surface area contributed by atoms with Gasteiger partial charge in [-0.25, -0.2) is 8.42 Å². The number of nitrogens with zero attached hydrogens (tertiary/aromatic N) is 1. The number of amides is 1. The molecule has 0 aromatic heterocycles. The Labute approximate surface area is 198 Å². The quantitative estimate of drug-likeness (QED) is 0.401. The molecule has 0 unspecified atom stereocenters. The highest BCUT2D eigenvalue weighted by atomic mass is 35.5. The third kappa shape index (κ3) is 5.46. The Balaban J connectivity index is 1.99. The number of hydrogen-bond donors (Lipinski definition) is 1. The fourth-order valence-electron chi connectivity index (χ4n) is 3.17. The molecule has 3 rings (SSSR count). The summed E-state index contributed by atoms with van der Waals surface area (Å²) in [5.41, 5.74) is 2.54. The maximum absolute atomic E-state index is 13.6. The lowest BCUT2D eigenvalue weighted by Crippen LogP contribution is -2.38. The second-order valence-corrected chi connectivity index (χ2v) is 10.8. The van der Waals surface area contributed by atoms with Crippen molar-refractivity contribution in [3.8, 4) is 0 Å². The molecule has 0 atom stereocenters. The van der Waals surface area contributed by atoms with Gasteiger partial charge in [-0.1, -0.05) is 54.4 Å². The van der Waals surface area contributed by atoms with Gasteiger partial charge in [-0.05, 0) is 61.6 Å². The van der Waals surface area contributed by atoms with Gasteiger partial charge in [0.05, 0.1) is 16.3 Å². The van der Waals surface area contributed by atoms with Crippen LogP contribution in [-0.4, -0.2) is 26.6 Å². The Hall–Kier alpha value is -2.48. The van der Waals surface area contributed by atoms with Gasteiger partial charge in [-0.15, -0.1) is 11.8 Å². The first-order valence-corrected chi connectivity index (χ1v) is 12.9. The first kappa shape index (κ1) is 24.2. The van der Waals surface area contributed by atoms with E-state index in [9.17, 15) is 13.2 Å². The van der Waals surface area contributed by atoms with Crippen molar-refractivity contribution in [3.63, 3.8) is 0 Å². The van der Waals surface area contributed by atoms with Crippen LogP contribution in [0.25, 0.3) is 0 Å². The van der Waals surface area contributed by atoms with Crippen molar-refractivity contribution in [3.05, 3.63) is 82.9 Å². The molecule has 0 fully saturated rings. The molecule has 0 aliphatic carbocycles. The predicted octanol–water partition coefficient (Wildman–Crippen LogP) is 5.90. The lowest BCUT2D eigenvalue weighted by molar-refractivity contribution is -0.114. The molecule has 0 aliphatic heterocycles. The molecule has 0 spiro atoms. The second-order valence-electron chi connectivity index (χ2n) is 7.19. The summed E-state index contributed by atoms with van der Waals surface area (Å²) < 4.78 is 28.2. The third-order valence-corrected chi connectivity index (χ3v) is 8.00. The van der Waals surface area contributed by atoms with Crippen molar-refractivity contribution >= 4 is 50.7 Å². The zero-order valence-electron chi connectivity index (χ0n) is 18.1. The van der Waals surface area contributed by atoms with Gasteiger partial charge in [0.2, 0.25) is 5.91 Å². The Morgan fingerprint density at radius 1 is 1.00 bits per heavy atom. The van der Waals surface area contributed by atoms with Crippen LogP contribution in [0, 0.1) is 13.8 Å². The third-order valence-electron chi connectivity index (χ3n) is 4.86. The standard InChI is InChI=1S/C24H25ClN2O3S2/c1-4-31-23-11-6-5-9-21(23)26-24(28)16-27(22-10-7-8-20(25)18(22)3)32(29,30)19-14-12-17(2)13-15-19/h5-15H,4,16H2,1-3H3,(H,26,28). The van der Waals surface area contributed by atoms with Crippen molar-refractivity contribution in [1.29, 1.82) is 0 Å². The molecule has 0 heterocycles. The number of rotatable bonds is 8. The van der Waals surface area contributed by atoms with Crippen molar-refractivity contribution in [2.24, 2.45) is 0 Å². The van der Waals surface area contributed by atoms with Gasteiger partial charge in [-0.2, -0.15) is 0 Å². The smallest absolute Gasteiger partial charge is 0.264 e. The Kier molecular flexibility index (Phi) is 7.87. The van der Waals surface area contributed by atoms with Gasteiger partial charge in [0.15, 0.2) is 0 Å². The normalized spacial score (nSPS) is 11.2. The fraction of sp³-hybridized carbons (Fsp3) is 0.208. The van der Waals surface area contributed by atoms with Crippen LogP contribution in [0.4, 0.5) is 11.4 Å². The zero-order chi connectivity index (χ0) is 23.3. The second kappa shape index (κ2) is 10.4. The number of sulfonamides is 1. The highest BCUT2D eigenvalue weighted by molar-refractivity contribution is 7.99. The number of carbonyl (C=O) groups excluding carboxylic acids is 1. The number of halogens is 1. The summed E-state index contributed by atoms with van der Waals surface area (Å²) in [7, 11) is -4.01. The molecule has 8 heteroatoms. The van der Waals surface area contributed by atoms with E-state index in [-0.39, 0.29) is 11.4 Å². The summed E-state index contributed by atoms with van der Waals surface area (Å²) in [6.07, 6.45) is 0. The molecule has 0 saturated heterocycles. The molecular weight excluding hydrogens is 464 g/mol. The van der Waals surface area contributed by atoms with Crippen LogP contribution in [0.1, 0.15) is 18.1 Å². The average molecular weight is 489 g/mol. The number of aryl methyl sites for hydroxylation is 1. The molecule has 0 bridgehead atoms. The van der Waals surface area contributed by atoms with Crippen molar-refractivity contribution in [1.82, 2.24) is 0 Å². The molecule has 3 aromatic rings. The van der Waals surface area contributed by atoms with E-state index in [2.05, 4.69) is 5.32 Å². The van der Waals surface area contributed by atoms with Gasteiger partial charge in [0, 0.05) is 9.92 Å². The van der Waals surface area contributed by atoms with Gasteiger partial charge in [0.1, 0.15) is 6.54 Å². The van der Waals surface area contributed by atoms with E-state index < -0.39 is 15.9 Å². The van der Waals surface area contributed by atoms with Crippen LogP contribution < -0.4 is 9.62 Å². The molecule has 3 aromatic carbocycles. The topological polar surface area (TPSA) is 66.5 Å². The number of benzene rings is 3. The summed E-state index contributed by atoms with van der Waals surface area (Å²) in [5.74, 6) is 0.409. The molecular formula is C24H25ClN2O3S2. The Bertz CT molecular complexity index is 1210. The first-order chi connectivity index (χ1) is 15.2. The summed E-state index contributed by atoms with van der Waals surface area (Å²) in [5, 5.41) is 3.29. The molecule has 0 radical (unpaired) electrons. The van der Waals surface area contributed by atoms with Crippen LogP contribution in [0.15, 0.2) is 76.5 Å². The van der Waals surface area contributed by atoms with Crippen molar-refractivity contribution < 1.29 is 13.2 Å². The van der Waals surface area contributed by atoms with Gasteiger partial charge in [-0.3, -0.25) is 9.10 Å². The van der Waals surface area contributed by atoms with E-state index >= 15 is 0 Å². The van der Waals surface area contributed by atoms with Crippen molar-refractivity contribution in [2.45, 2.75) is 30.6 Å². The van der Waals surface area contributed by atoms with Crippen LogP contribution >= 0.6 is 23.4 Å². The summed E-state index contributed by atoms with van der Waals surface area (Å²) in [6, 6.07) is 19.0. The SMILES string of the molecule is CCSc1ccccc1NC(=O)CN(c1cccc(Cl)c1C)S(=O)(=O)c1ccc(C)cc1. The fourth-order valence-corrected chi connectivity index (χ4v) is 5.58. The predicted molar refractivity (Wildman–Crippen MR) is 133 cm³/mol. The van der Waals surface area contributed by atoms with Crippen LogP contribution in [0.2, 0.25) is 5.02 Å². The Morgan fingerprint density at radius 3 is 2.38 bits per heavy atom. The average Bonchev–Trinajstić information content (AvgIpc) is 2.76. The minimum atomic E-state index is -4.01. The summed E-state index contributed by atoms with van der Waals surface area (Å²) in [4.78, 5) is 14.1. The molecule has 1 N–H and O–H groups in total. The number of nitrogens with one attached hydrogen (secondary N) is 1. The maximum atomic E-state index is 13.6. The van der Waals surface area contributed by atoms with E-state index in [1.807, 2.05) is 32.0 Å². The zero-order valence-corrected chi connectivity index (χ0v) is 20.5. The molecule has 0 aliphatic rings. The lowest BCUT2D eigenvalue weighted by atomic mass is 10.2. The van der Waals surface area contributed by atoms with E-state index in [0.717, 1.165) is 20.5 Å². The van der Waals surface area contributed by atoms with Crippen molar-refractivity contribution in [2.75, 3.05) is 21.9 Å². The molecule has 32 heavy (non-hydrogen) atoms. The van der Waals surface area contributed by atoms with E-state index in [4.69, 9.17) is 11.6 Å². The number of hydrogen-bond acceptors (Lipinski definition) is 4. The summed E-state index contributed by atoms with van der Waals surface area (Å²) in [6.45, 7) is 5.26. The highest BCUT2D eigenvalue weighted by Crippen LogP contribution is 2.31. The lowest BCUT2D eigenvalue weighted by Gasteiger charge is -2.26. The first-order valence-electron chi connectivity index (χ1n) is 10.1. The van der Waals surface area contributed by atoms with E-state index in [1.54, 1.807) is 67.2 Å². The molecule has 1 amide bonds. The van der Waals surface area contributed by atoms with E-state index in [1.165, 1.54) is 0 Å². The minimum Gasteiger partial charge on any atom is -0.323 e. The van der Waals surface area contributed by atoms with Crippen LogP contribution in [0.5, 0.6) is 0 Å². The maximum Gasteiger partial charge on any atom is 0.264 e. The van der Waals surface area contributed by atoms with Gasteiger partial charge >= 0.3 is 0 Å². The minimum absolute atomic E-state index is 0.109. The van der Waals surface area contributed by atoms with Gasteiger partial charge in [0.25, 0.3) is 10.0 Å². The molecule has 5 nitrogen and oxygen atoms in total. The monoisotopic (exact) mass is 488 g/mol. The number of carbonyl (C=O) groups is 1. The number of para-hydroxylation sites is 1. The van der Waals surface area contributed by atoms with Gasteiger partial charge < -0.3 is 5.32 Å².